The number of aromatic nitrogens is 2. The van der Waals surface area contributed by atoms with Gasteiger partial charge in [-0.15, -0.1) is 0 Å². The van der Waals surface area contributed by atoms with Crippen LogP contribution < -0.4 is 10.9 Å². The summed E-state index contributed by atoms with van der Waals surface area (Å²) in [5.41, 5.74) is -1.12. The van der Waals surface area contributed by atoms with E-state index in [1.165, 1.54) is 12.1 Å². The van der Waals surface area contributed by atoms with Gasteiger partial charge in [0.1, 0.15) is 28.7 Å². The third-order valence-electron chi connectivity index (χ3n) is 4.00. The minimum absolute atomic E-state index is 0.00811. The van der Waals surface area contributed by atoms with Gasteiger partial charge in [0, 0.05) is 6.07 Å². The summed E-state index contributed by atoms with van der Waals surface area (Å²) in [6.45, 7) is 1.64. The lowest BCUT2D eigenvalue weighted by Crippen LogP contribution is -2.34. The van der Waals surface area contributed by atoms with Crippen molar-refractivity contribution in [3.8, 4) is 5.69 Å². The van der Waals surface area contributed by atoms with E-state index < -0.39 is 35.1 Å². The Kier molecular flexibility index (Phi) is 4.85. The van der Waals surface area contributed by atoms with E-state index >= 15 is 0 Å². The Hall–Kier alpha value is -3.36. The highest BCUT2D eigenvalue weighted by Crippen LogP contribution is 2.22. The second-order valence-electron chi connectivity index (χ2n) is 5.78. The van der Waals surface area contributed by atoms with E-state index in [1.54, 1.807) is 6.92 Å². The Morgan fingerprint density at radius 2 is 1.89 bits per heavy atom. The molecule has 0 fully saturated rings. The second kappa shape index (κ2) is 7.10. The van der Waals surface area contributed by atoms with Crippen molar-refractivity contribution in [1.82, 2.24) is 14.9 Å². The van der Waals surface area contributed by atoms with E-state index in [1.807, 2.05) is 0 Å². The largest absolute Gasteiger partial charge is 0.465 e. The van der Waals surface area contributed by atoms with Crippen LogP contribution in [0.3, 0.4) is 0 Å². The van der Waals surface area contributed by atoms with Crippen LogP contribution in [0.1, 0.15) is 25.2 Å². The molecule has 0 bridgehead atoms. The van der Waals surface area contributed by atoms with Gasteiger partial charge in [0.2, 0.25) is 0 Å². The molecule has 2 aromatic carbocycles. The average Bonchev–Trinajstić information content (AvgIpc) is 2.58. The monoisotopic (exact) mass is 377 g/mol. The zero-order valence-corrected chi connectivity index (χ0v) is 14.0. The van der Waals surface area contributed by atoms with Gasteiger partial charge in [-0.25, -0.2) is 22.9 Å². The summed E-state index contributed by atoms with van der Waals surface area (Å²) in [5.74, 6) is -2.85. The maximum atomic E-state index is 14.2. The van der Waals surface area contributed by atoms with Crippen LogP contribution in [-0.2, 0) is 0 Å². The SMILES string of the molecule is CCC(NC(=O)O)c1nc2cccc(F)c2c(=O)n1-c1cc(F)cc(F)c1. The number of nitrogens with zero attached hydrogens (tertiary/aromatic N) is 2. The highest BCUT2D eigenvalue weighted by atomic mass is 19.1. The minimum Gasteiger partial charge on any atom is -0.465 e. The van der Waals surface area contributed by atoms with E-state index in [-0.39, 0.29) is 28.8 Å². The first-order chi connectivity index (χ1) is 12.8. The van der Waals surface area contributed by atoms with Crippen molar-refractivity contribution in [2.75, 3.05) is 0 Å². The molecule has 1 amide bonds. The molecule has 1 heterocycles. The summed E-state index contributed by atoms with van der Waals surface area (Å²) in [4.78, 5) is 28.3. The van der Waals surface area contributed by atoms with Gasteiger partial charge in [0.05, 0.1) is 17.2 Å². The number of fused-ring (bicyclic) bond motifs is 1. The molecule has 0 spiro atoms. The highest BCUT2D eigenvalue weighted by molar-refractivity contribution is 5.78. The van der Waals surface area contributed by atoms with E-state index in [0.29, 0.717) is 6.07 Å². The summed E-state index contributed by atoms with van der Waals surface area (Å²) < 4.78 is 42.4. The van der Waals surface area contributed by atoms with Gasteiger partial charge in [-0.05, 0) is 30.7 Å². The van der Waals surface area contributed by atoms with E-state index in [9.17, 15) is 22.8 Å². The molecule has 3 rings (SSSR count). The quantitative estimate of drug-likeness (QED) is 0.729. The molecule has 1 aromatic heterocycles. The number of hydrogen-bond donors (Lipinski definition) is 2. The maximum absolute atomic E-state index is 14.2. The summed E-state index contributed by atoms with van der Waals surface area (Å²) in [6, 6.07) is 5.24. The topological polar surface area (TPSA) is 84.2 Å². The summed E-state index contributed by atoms with van der Waals surface area (Å²) in [6.07, 6.45) is -1.18. The fraction of sp³-hybridized carbons (Fsp3) is 0.167. The van der Waals surface area contributed by atoms with Crippen molar-refractivity contribution in [3.05, 3.63) is 70.0 Å². The van der Waals surface area contributed by atoms with Gasteiger partial charge in [0.25, 0.3) is 5.56 Å². The molecule has 0 saturated carbocycles. The van der Waals surface area contributed by atoms with E-state index in [0.717, 1.165) is 22.8 Å². The van der Waals surface area contributed by atoms with E-state index in [4.69, 9.17) is 5.11 Å². The summed E-state index contributed by atoms with van der Waals surface area (Å²) in [7, 11) is 0. The second-order valence-corrected chi connectivity index (χ2v) is 5.78. The van der Waals surface area contributed by atoms with Crippen LogP contribution in [-0.4, -0.2) is 20.8 Å². The Morgan fingerprint density at radius 1 is 1.22 bits per heavy atom. The number of amides is 1. The number of halogens is 3. The van der Waals surface area contributed by atoms with Gasteiger partial charge in [0.15, 0.2) is 0 Å². The minimum atomic E-state index is -1.37. The standard InChI is InChI=1S/C18H14F3N3O3/c1-2-13(23-18(26)27)16-22-14-5-3-4-12(21)15(14)17(25)24(16)11-7-9(19)6-10(20)8-11/h3-8,13,23H,2H2,1H3,(H,26,27). The molecule has 1 unspecified atom stereocenters. The lowest BCUT2D eigenvalue weighted by molar-refractivity contribution is 0.188. The first kappa shape index (κ1) is 18.4. The van der Waals surface area contributed by atoms with Crippen LogP contribution in [0.25, 0.3) is 16.6 Å². The molecule has 0 radical (unpaired) electrons. The number of hydrogen-bond acceptors (Lipinski definition) is 3. The molecule has 3 aromatic rings. The van der Waals surface area contributed by atoms with Crippen molar-refractivity contribution in [2.24, 2.45) is 0 Å². The zero-order valence-electron chi connectivity index (χ0n) is 14.0. The van der Waals surface area contributed by atoms with Crippen LogP contribution in [0.5, 0.6) is 0 Å². The average molecular weight is 377 g/mol. The van der Waals surface area contributed by atoms with Crippen molar-refractivity contribution in [2.45, 2.75) is 19.4 Å². The normalized spacial score (nSPS) is 12.1. The third-order valence-corrected chi connectivity index (χ3v) is 4.00. The third kappa shape index (κ3) is 3.48. The number of carbonyl (C=O) groups is 1. The lowest BCUT2D eigenvalue weighted by atomic mass is 10.1. The van der Waals surface area contributed by atoms with Crippen LogP contribution >= 0.6 is 0 Å². The molecule has 6 nitrogen and oxygen atoms in total. The van der Waals surface area contributed by atoms with Gasteiger partial charge >= 0.3 is 6.09 Å². The van der Waals surface area contributed by atoms with Crippen LogP contribution in [0.4, 0.5) is 18.0 Å². The van der Waals surface area contributed by atoms with Gasteiger partial charge in [-0.2, -0.15) is 0 Å². The molecule has 140 valence electrons. The summed E-state index contributed by atoms with van der Waals surface area (Å²) >= 11 is 0. The predicted octanol–water partition coefficient (Wildman–Crippen LogP) is 3.52. The molecular formula is C18H14F3N3O3. The van der Waals surface area contributed by atoms with Crippen LogP contribution in [0, 0.1) is 17.5 Å². The fourth-order valence-electron chi connectivity index (χ4n) is 2.86. The fourth-order valence-corrected chi connectivity index (χ4v) is 2.86. The van der Waals surface area contributed by atoms with Crippen LogP contribution in [0.2, 0.25) is 0 Å². The predicted molar refractivity (Wildman–Crippen MR) is 91.4 cm³/mol. The molecule has 0 saturated heterocycles. The molecule has 9 heteroatoms. The zero-order chi connectivity index (χ0) is 19.7. The molecule has 0 aliphatic carbocycles. The Balaban J connectivity index is 2.42. The molecule has 27 heavy (non-hydrogen) atoms. The van der Waals surface area contributed by atoms with Crippen molar-refractivity contribution in [3.63, 3.8) is 0 Å². The number of rotatable bonds is 4. The number of carboxylic acid groups (broad SMARTS) is 1. The Bertz CT molecular complexity index is 1080. The maximum Gasteiger partial charge on any atom is 0.405 e. The van der Waals surface area contributed by atoms with Crippen molar-refractivity contribution < 1.29 is 23.1 Å². The van der Waals surface area contributed by atoms with Crippen molar-refractivity contribution in [1.29, 1.82) is 0 Å². The summed E-state index contributed by atoms with van der Waals surface area (Å²) in [5, 5.41) is 10.9. The van der Waals surface area contributed by atoms with Crippen molar-refractivity contribution >= 4 is 17.0 Å². The Labute approximate surface area is 150 Å². The molecular weight excluding hydrogens is 363 g/mol. The number of nitrogens with one attached hydrogen (secondary N) is 1. The van der Waals surface area contributed by atoms with Gasteiger partial charge in [-0.1, -0.05) is 13.0 Å². The van der Waals surface area contributed by atoms with Crippen LogP contribution in [0.15, 0.2) is 41.2 Å². The number of benzene rings is 2. The van der Waals surface area contributed by atoms with E-state index in [2.05, 4.69) is 10.3 Å². The molecule has 2 N–H and O–H groups in total. The molecule has 0 aliphatic heterocycles. The first-order valence-electron chi connectivity index (χ1n) is 7.99. The smallest absolute Gasteiger partial charge is 0.405 e. The Morgan fingerprint density at radius 3 is 2.48 bits per heavy atom. The van der Waals surface area contributed by atoms with Gasteiger partial charge in [-0.3, -0.25) is 9.36 Å². The first-order valence-corrected chi connectivity index (χ1v) is 7.99. The van der Waals surface area contributed by atoms with Gasteiger partial charge < -0.3 is 10.4 Å². The molecule has 1 atom stereocenters. The molecule has 0 aliphatic rings. The highest BCUT2D eigenvalue weighted by Gasteiger charge is 2.23. The lowest BCUT2D eigenvalue weighted by Gasteiger charge is -2.20.